The van der Waals surface area contributed by atoms with Crippen LogP contribution in [0.1, 0.15) is 15.9 Å². The third-order valence-electron chi connectivity index (χ3n) is 3.56. The molecular formula is C18H16ClN3O5S. The molecule has 1 amide bonds. The van der Waals surface area contributed by atoms with E-state index in [1.54, 1.807) is 0 Å². The predicted octanol–water partition coefficient (Wildman–Crippen LogP) is 2.26. The number of benzene rings is 2. The van der Waals surface area contributed by atoms with E-state index in [4.69, 9.17) is 21.6 Å². The second-order valence-corrected chi connectivity index (χ2v) is 8.31. The number of nitrogens with zero attached hydrogens (tertiary/aromatic N) is 2. The molecule has 0 bridgehead atoms. The minimum Gasteiger partial charge on any atom is -0.452 e. The molecule has 0 saturated heterocycles. The number of anilines is 1. The Balaban J connectivity index is 2.01. The molecule has 2 aromatic carbocycles. The minimum absolute atomic E-state index is 0.00265. The highest BCUT2D eigenvalue weighted by molar-refractivity contribution is 7.89. The van der Waals surface area contributed by atoms with E-state index in [1.807, 2.05) is 6.07 Å². The highest BCUT2D eigenvalue weighted by Gasteiger charge is 2.19. The molecule has 0 aliphatic heterocycles. The normalized spacial score (nSPS) is 11.0. The highest BCUT2D eigenvalue weighted by atomic mass is 35.5. The first-order chi connectivity index (χ1) is 13.1. The lowest BCUT2D eigenvalue weighted by Crippen LogP contribution is -2.23. The summed E-state index contributed by atoms with van der Waals surface area (Å²) in [4.78, 5) is 24.0. The van der Waals surface area contributed by atoms with Crippen molar-refractivity contribution < 1.29 is 22.7 Å². The molecule has 2 rings (SSSR count). The van der Waals surface area contributed by atoms with Gasteiger partial charge in [-0.3, -0.25) is 4.79 Å². The summed E-state index contributed by atoms with van der Waals surface area (Å²) in [7, 11) is -0.954. The van der Waals surface area contributed by atoms with Gasteiger partial charge in [-0.05, 0) is 36.4 Å². The molecular weight excluding hydrogens is 406 g/mol. The molecule has 0 aromatic heterocycles. The maximum atomic E-state index is 12.1. The molecule has 28 heavy (non-hydrogen) atoms. The van der Waals surface area contributed by atoms with E-state index < -0.39 is 28.5 Å². The number of ether oxygens (including phenoxy) is 1. The van der Waals surface area contributed by atoms with Crippen LogP contribution in [-0.2, 0) is 19.6 Å². The lowest BCUT2D eigenvalue weighted by Gasteiger charge is -2.12. The Morgan fingerprint density at radius 3 is 2.54 bits per heavy atom. The number of nitriles is 1. The number of rotatable bonds is 6. The van der Waals surface area contributed by atoms with Crippen molar-refractivity contribution in [2.45, 2.75) is 4.90 Å². The van der Waals surface area contributed by atoms with Crippen LogP contribution in [0.25, 0.3) is 0 Å². The van der Waals surface area contributed by atoms with E-state index in [0.717, 1.165) is 4.31 Å². The monoisotopic (exact) mass is 421 g/mol. The summed E-state index contributed by atoms with van der Waals surface area (Å²) in [6, 6.07) is 11.5. The molecule has 0 spiro atoms. The second-order valence-electron chi connectivity index (χ2n) is 5.75. The number of esters is 1. The minimum atomic E-state index is -3.70. The SMILES string of the molecule is CN(C)S(=O)(=O)c1cccc(C(=O)OCC(=O)Nc2ccc(C#N)c(Cl)c2)c1. The van der Waals surface area contributed by atoms with Crippen LogP contribution in [0.5, 0.6) is 0 Å². The van der Waals surface area contributed by atoms with Gasteiger partial charge in [0.2, 0.25) is 10.0 Å². The van der Waals surface area contributed by atoms with Gasteiger partial charge in [-0.25, -0.2) is 17.5 Å². The third-order valence-corrected chi connectivity index (χ3v) is 5.68. The summed E-state index contributed by atoms with van der Waals surface area (Å²) >= 11 is 5.88. The second kappa shape index (κ2) is 8.84. The Kier molecular flexibility index (Phi) is 6.75. The topological polar surface area (TPSA) is 117 Å². The predicted molar refractivity (Wildman–Crippen MR) is 102 cm³/mol. The van der Waals surface area contributed by atoms with Gasteiger partial charge in [-0.2, -0.15) is 5.26 Å². The Bertz CT molecular complexity index is 1060. The fourth-order valence-corrected chi connectivity index (χ4v) is 3.26. The van der Waals surface area contributed by atoms with Crippen LogP contribution in [0.4, 0.5) is 5.69 Å². The van der Waals surface area contributed by atoms with Crippen molar-refractivity contribution in [3.8, 4) is 6.07 Å². The van der Waals surface area contributed by atoms with Gasteiger partial charge in [0.1, 0.15) is 6.07 Å². The summed E-state index contributed by atoms with van der Waals surface area (Å²) < 4.78 is 30.2. The standard InChI is InChI=1S/C18H16ClN3O5S/c1-22(2)28(25,26)15-5-3-4-12(8-15)18(24)27-11-17(23)21-14-7-6-13(10-20)16(19)9-14/h3-9H,11H2,1-2H3,(H,21,23). The molecule has 0 unspecified atom stereocenters. The number of hydrogen-bond acceptors (Lipinski definition) is 6. The van der Waals surface area contributed by atoms with E-state index in [9.17, 15) is 18.0 Å². The third kappa shape index (κ3) is 5.07. The lowest BCUT2D eigenvalue weighted by atomic mass is 10.2. The van der Waals surface area contributed by atoms with E-state index in [2.05, 4.69) is 5.32 Å². The first kappa shape index (κ1) is 21.4. The van der Waals surface area contributed by atoms with Crippen LogP contribution in [0.3, 0.4) is 0 Å². The molecule has 0 aliphatic carbocycles. The molecule has 0 fully saturated rings. The van der Waals surface area contributed by atoms with Crippen molar-refractivity contribution in [2.75, 3.05) is 26.0 Å². The molecule has 0 heterocycles. The Labute approximate surface area is 167 Å². The van der Waals surface area contributed by atoms with Crippen molar-refractivity contribution in [3.63, 3.8) is 0 Å². The van der Waals surface area contributed by atoms with Crippen molar-refractivity contribution in [2.24, 2.45) is 0 Å². The summed E-state index contributed by atoms with van der Waals surface area (Å²) in [5, 5.41) is 11.5. The van der Waals surface area contributed by atoms with E-state index in [-0.39, 0.29) is 21.0 Å². The molecule has 10 heteroatoms. The van der Waals surface area contributed by atoms with Crippen LogP contribution < -0.4 is 5.32 Å². The fraction of sp³-hybridized carbons (Fsp3) is 0.167. The van der Waals surface area contributed by atoms with Crippen LogP contribution >= 0.6 is 11.6 Å². The smallest absolute Gasteiger partial charge is 0.338 e. The largest absolute Gasteiger partial charge is 0.452 e. The molecule has 146 valence electrons. The van der Waals surface area contributed by atoms with Gasteiger partial charge >= 0.3 is 5.97 Å². The lowest BCUT2D eigenvalue weighted by molar-refractivity contribution is -0.119. The Hall–Kier alpha value is -2.93. The molecule has 0 radical (unpaired) electrons. The van der Waals surface area contributed by atoms with Crippen LogP contribution in [-0.4, -0.2) is 45.3 Å². The summed E-state index contributed by atoms with van der Waals surface area (Å²) in [6.45, 7) is -0.582. The van der Waals surface area contributed by atoms with E-state index in [0.29, 0.717) is 5.69 Å². The van der Waals surface area contributed by atoms with Gasteiger partial charge in [0.15, 0.2) is 6.61 Å². The van der Waals surface area contributed by atoms with Crippen molar-refractivity contribution >= 4 is 39.2 Å². The number of nitrogens with one attached hydrogen (secondary N) is 1. The molecule has 2 aromatic rings. The molecule has 0 atom stereocenters. The van der Waals surface area contributed by atoms with Gasteiger partial charge < -0.3 is 10.1 Å². The fourth-order valence-electron chi connectivity index (χ4n) is 2.09. The molecule has 1 N–H and O–H groups in total. The van der Waals surface area contributed by atoms with Crippen LogP contribution in [0, 0.1) is 11.3 Å². The van der Waals surface area contributed by atoms with E-state index in [1.165, 1.54) is 56.6 Å². The van der Waals surface area contributed by atoms with Gasteiger partial charge in [0.05, 0.1) is 21.0 Å². The zero-order valence-electron chi connectivity index (χ0n) is 15.0. The zero-order chi connectivity index (χ0) is 20.9. The Morgan fingerprint density at radius 2 is 1.93 bits per heavy atom. The van der Waals surface area contributed by atoms with Crippen molar-refractivity contribution in [1.29, 1.82) is 5.26 Å². The van der Waals surface area contributed by atoms with Crippen LogP contribution in [0.2, 0.25) is 5.02 Å². The van der Waals surface area contributed by atoms with Crippen molar-refractivity contribution in [3.05, 3.63) is 58.6 Å². The average molecular weight is 422 g/mol. The number of hydrogen-bond donors (Lipinski definition) is 1. The number of sulfonamides is 1. The molecule has 0 saturated carbocycles. The zero-order valence-corrected chi connectivity index (χ0v) is 16.5. The maximum absolute atomic E-state index is 12.1. The van der Waals surface area contributed by atoms with Gasteiger partial charge in [0, 0.05) is 19.8 Å². The first-order valence-corrected chi connectivity index (χ1v) is 9.66. The highest BCUT2D eigenvalue weighted by Crippen LogP contribution is 2.20. The van der Waals surface area contributed by atoms with Gasteiger partial charge in [0.25, 0.3) is 5.91 Å². The summed E-state index contributed by atoms with van der Waals surface area (Å²) in [5.41, 5.74) is 0.597. The van der Waals surface area contributed by atoms with Gasteiger partial charge in [-0.1, -0.05) is 17.7 Å². The molecule has 0 aliphatic rings. The van der Waals surface area contributed by atoms with Crippen molar-refractivity contribution in [1.82, 2.24) is 4.31 Å². The number of carbonyl (C=O) groups is 2. The maximum Gasteiger partial charge on any atom is 0.338 e. The number of amides is 1. The quantitative estimate of drug-likeness (QED) is 0.715. The van der Waals surface area contributed by atoms with Gasteiger partial charge in [-0.15, -0.1) is 0 Å². The Morgan fingerprint density at radius 1 is 1.21 bits per heavy atom. The molecule has 8 nitrogen and oxygen atoms in total. The average Bonchev–Trinajstić information content (AvgIpc) is 2.66. The number of carbonyl (C=O) groups excluding carboxylic acids is 2. The van der Waals surface area contributed by atoms with Crippen LogP contribution in [0.15, 0.2) is 47.4 Å². The summed E-state index contributed by atoms with van der Waals surface area (Å²) in [5.74, 6) is -1.46. The summed E-state index contributed by atoms with van der Waals surface area (Å²) in [6.07, 6.45) is 0. The first-order valence-electron chi connectivity index (χ1n) is 7.84. The van der Waals surface area contributed by atoms with E-state index >= 15 is 0 Å². The number of halogens is 1.